The molecule has 0 radical (unpaired) electrons. The highest BCUT2D eigenvalue weighted by molar-refractivity contribution is 6.31. The molecule has 0 heterocycles. The van der Waals surface area contributed by atoms with Crippen LogP contribution in [-0.2, 0) is 13.1 Å². The highest BCUT2D eigenvalue weighted by atomic mass is 35.5. The van der Waals surface area contributed by atoms with Crippen molar-refractivity contribution in [2.45, 2.75) is 20.0 Å². The molecule has 0 aliphatic carbocycles. The summed E-state index contributed by atoms with van der Waals surface area (Å²) in [4.78, 5) is 0. The summed E-state index contributed by atoms with van der Waals surface area (Å²) in [6, 6.07) is 16.2. The van der Waals surface area contributed by atoms with Crippen LogP contribution < -0.4 is 10.1 Å². The van der Waals surface area contributed by atoms with Gasteiger partial charge in [-0.05, 0) is 25.1 Å². The van der Waals surface area contributed by atoms with Crippen molar-refractivity contribution in [1.82, 2.24) is 0 Å². The third kappa shape index (κ3) is 4.27. The fourth-order valence-corrected chi connectivity index (χ4v) is 2.20. The van der Waals surface area contributed by atoms with Gasteiger partial charge in [-0.2, -0.15) is 0 Å². The van der Waals surface area contributed by atoms with Gasteiger partial charge >= 0.3 is 0 Å². The summed E-state index contributed by atoms with van der Waals surface area (Å²) >= 11 is 6.13. The number of quaternary nitrogens is 1. The van der Waals surface area contributed by atoms with Crippen molar-refractivity contribution in [3.8, 4) is 5.75 Å². The first-order chi connectivity index (χ1) is 9.29. The Balaban J connectivity index is 1.89. The number of rotatable bonds is 6. The number of hydrogen-bond acceptors (Lipinski definition) is 1. The maximum atomic E-state index is 6.13. The number of ether oxygens (including phenoxy) is 1. The number of benzene rings is 2. The smallest absolute Gasteiger partial charge is 0.119 e. The number of nitrogens with two attached hydrogens (primary N) is 1. The van der Waals surface area contributed by atoms with Crippen LogP contribution in [0.25, 0.3) is 0 Å². The van der Waals surface area contributed by atoms with E-state index in [0.717, 1.165) is 23.9 Å². The van der Waals surface area contributed by atoms with E-state index in [-0.39, 0.29) is 0 Å². The maximum Gasteiger partial charge on any atom is 0.119 e. The Morgan fingerprint density at radius 2 is 1.89 bits per heavy atom. The molecule has 2 aromatic carbocycles. The molecule has 0 amide bonds. The number of hydrogen-bond donors (Lipinski definition) is 1. The van der Waals surface area contributed by atoms with Crippen LogP contribution in [0.5, 0.6) is 5.75 Å². The average Bonchev–Trinajstić information content (AvgIpc) is 2.42. The van der Waals surface area contributed by atoms with Crippen molar-refractivity contribution in [3.05, 3.63) is 64.7 Å². The van der Waals surface area contributed by atoms with Crippen LogP contribution >= 0.6 is 11.6 Å². The molecule has 2 aromatic rings. The molecule has 2 nitrogen and oxygen atoms in total. The van der Waals surface area contributed by atoms with E-state index in [1.54, 1.807) is 0 Å². The molecule has 3 heteroatoms. The zero-order valence-electron chi connectivity index (χ0n) is 11.1. The molecule has 0 atom stereocenters. The van der Waals surface area contributed by atoms with Gasteiger partial charge in [0.05, 0.1) is 6.61 Å². The SMILES string of the molecule is CCOc1cccc(C[NH2+]Cc2ccccc2Cl)c1. The van der Waals surface area contributed by atoms with Gasteiger partial charge in [0.25, 0.3) is 0 Å². The van der Waals surface area contributed by atoms with E-state index in [2.05, 4.69) is 23.5 Å². The van der Waals surface area contributed by atoms with Crippen molar-refractivity contribution < 1.29 is 10.1 Å². The lowest BCUT2D eigenvalue weighted by Crippen LogP contribution is -2.80. The second-order valence-electron chi connectivity index (χ2n) is 4.37. The summed E-state index contributed by atoms with van der Waals surface area (Å²) < 4.78 is 5.50. The Bertz CT molecular complexity index is 528. The van der Waals surface area contributed by atoms with Crippen LogP contribution in [0.3, 0.4) is 0 Å². The molecule has 100 valence electrons. The van der Waals surface area contributed by atoms with Gasteiger partial charge in [-0.3, -0.25) is 0 Å². The molecule has 2 N–H and O–H groups in total. The Hall–Kier alpha value is -1.51. The topological polar surface area (TPSA) is 25.8 Å². The minimum Gasteiger partial charge on any atom is -0.494 e. The van der Waals surface area contributed by atoms with E-state index >= 15 is 0 Å². The second kappa shape index (κ2) is 7.17. The van der Waals surface area contributed by atoms with Crippen LogP contribution in [0, 0.1) is 0 Å². The van der Waals surface area contributed by atoms with Gasteiger partial charge < -0.3 is 10.1 Å². The Kier molecular flexibility index (Phi) is 5.25. The minimum absolute atomic E-state index is 0.701. The molecule has 0 aromatic heterocycles. The molecule has 0 bridgehead atoms. The van der Waals surface area contributed by atoms with Gasteiger partial charge in [0, 0.05) is 16.1 Å². The minimum atomic E-state index is 0.701. The van der Waals surface area contributed by atoms with Crippen LogP contribution in [-0.4, -0.2) is 6.61 Å². The molecule has 0 saturated heterocycles. The molecular weight excluding hydrogens is 258 g/mol. The Morgan fingerprint density at radius 3 is 2.68 bits per heavy atom. The standard InChI is InChI=1S/C16H18ClNO/c1-2-19-15-8-5-6-13(10-15)11-18-12-14-7-3-4-9-16(14)17/h3-10,18H,2,11-12H2,1H3/p+1. The lowest BCUT2D eigenvalue weighted by Gasteiger charge is -2.06. The van der Waals surface area contributed by atoms with E-state index in [4.69, 9.17) is 16.3 Å². The fraction of sp³-hybridized carbons (Fsp3) is 0.250. The predicted octanol–water partition coefficient (Wildman–Crippen LogP) is 3.00. The monoisotopic (exact) mass is 276 g/mol. The first-order valence-corrected chi connectivity index (χ1v) is 6.94. The molecule has 19 heavy (non-hydrogen) atoms. The van der Waals surface area contributed by atoms with Crippen LogP contribution in [0.2, 0.25) is 5.02 Å². The van der Waals surface area contributed by atoms with Crippen molar-refractivity contribution in [2.75, 3.05) is 6.61 Å². The van der Waals surface area contributed by atoms with Crippen molar-refractivity contribution in [3.63, 3.8) is 0 Å². The van der Waals surface area contributed by atoms with Gasteiger partial charge in [0.15, 0.2) is 0 Å². The lowest BCUT2D eigenvalue weighted by atomic mass is 10.2. The molecule has 0 aliphatic heterocycles. The highest BCUT2D eigenvalue weighted by Crippen LogP contribution is 2.14. The van der Waals surface area contributed by atoms with Crippen LogP contribution in [0.1, 0.15) is 18.1 Å². The van der Waals surface area contributed by atoms with E-state index < -0.39 is 0 Å². The van der Waals surface area contributed by atoms with Crippen molar-refractivity contribution >= 4 is 11.6 Å². The molecule has 2 rings (SSSR count). The third-order valence-corrected chi connectivity index (χ3v) is 3.28. The Morgan fingerprint density at radius 1 is 1.05 bits per heavy atom. The summed E-state index contributed by atoms with van der Waals surface area (Å²) in [5.74, 6) is 0.936. The number of halogens is 1. The summed E-state index contributed by atoms with van der Waals surface area (Å²) in [5.41, 5.74) is 2.43. The van der Waals surface area contributed by atoms with Crippen molar-refractivity contribution in [1.29, 1.82) is 0 Å². The quantitative estimate of drug-likeness (QED) is 0.862. The third-order valence-electron chi connectivity index (χ3n) is 2.91. The summed E-state index contributed by atoms with van der Waals surface area (Å²) in [6.45, 7) is 4.51. The molecule has 0 saturated carbocycles. The van der Waals surface area contributed by atoms with Gasteiger partial charge in [-0.15, -0.1) is 0 Å². The summed E-state index contributed by atoms with van der Waals surface area (Å²) in [5, 5.41) is 3.08. The first kappa shape index (κ1) is 13.9. The largest absolute Gasteiger partial charge is 0.494 e. The molecular formula is C16H19ClNO+. The average molecular weight is 277 g/mol. The molecule has 0 unspecified atom stereocenters. The zero-order chi connectivity index (χ0) is 13.5. The highest BCUT2D eigenvalue weighted by Gasteiger charge is 2.02. The van der Waals surface area contributed by atoms with Crippen molar-refractivity contribution in [2.24, 2.45) is 0 Å². The predicted molar refractivity (Wildman–Crippen MR) is 78.4 cm³/mol. The molecule has 0 spiro atoms. The van der Waals surface area contributed by atoms with Gasteiger partial charge in [0.1, 0.15) is 18.8 Å². The van der Waals surface area contributed by atoms with Gasteiger partial charge in [0.2, 0.25) is 0 Å². The van der Waals surface area contributed by atoms with Crippen LogP contribution in [0.4, 0.5) is 0 Å². The Labute approximate surface area is 119 Å². The molecule has 0 fully saturated rings. The van der Waals surface area contributed by atoms with E-state index in [0.29, 0.717) is 6.61 Å². The van der Waals surface area contributed by atoms with E-state index in [1.165, 1.54) is 11.1 Å². The van der Waals surface area contributed by atoms with E-state index in [9.17, 15) is 0 Å². The first-order valence-electron chi connectivity index (χ1n) is 6.56. The molecule has 0 aliphatic rings. The summed E-state index contributed by atoms with van der Waals surface area (Å²) in [6.07, 6.45) is 0. The zero-order valence-corrected chi connectivity index (χ0v) is 11.9. The maximum absolute atomic E-state index is 6.13. The van der Waals surface area contributed by atoms with E-state index in [1.807, 2.05) is 37.3 Å². The van der Waals surface area contributed by atoms with Gasteiger partial charge in [-0.1, -0.05) is 41.9 Å². The fourth-order valence-electron chi connectivity index (χ4n) is 1.99. The normalized spacial score (nSPS) is 10.4. The second-order valence-corrected chi connectivity index (χ2v) is 4.78. The lowest BCUT2D eigenvalue weighted by molar-refractivity contribution is -0.686. The summed E-state index contributed by atoms with van der Waals surface area (Å²) in [7, 11) is 0. The van der Waals surface area contributed by atoms with Gasteiger partial charge in [-0.25, -0.2) is 0 Å². The van der Waals surface area contributed by atoms with Crippen LogP contribution in [0.15, 0.2) is 48.5 Å².